The van der Waals surface area contributed by atoms with Gasteiger partial charge in [-0.15, -0.1) is 0 Å². The van der Waals surface area contributed by atoms with Crippen LogP contribution in [0.25, 0.3) is 0 Å². The summed E-state index contributed by atoms with van der Waals surface area (Å²) in [6.45, 7) is 6.47. The van der Waals surface area contributed by atoms with Crippen LogP contribution >= 0.6 is 0 Å². The molecule has 0 aromatic heterocycles. The number of aliphatic hydroxyl groups excluding tert-OH is 1. The molecule has 0 radical (unpaired) electrons. The Kier molecular flexibility index (Phi) is 5.26. The molecule has 1 fully saturated rings. The van der Waals surface area contributed by atoms with Gasteiger partial charge in [0.15, 0.2) is 0 Å². The van der Waals surface area contributed by atoms with Crippen molar-refractivity contribution in [2.24, 2.45) is 17.8 Å². The molecule has 0 aliphatic heterocycles. The summed E-state index contributed by atoms with van der Waals surface area (Å²) in [5, 5.41) is 12.1. The number of rotatable bonds is 5. The maximum absolute atomic E-state index is 12.1. The predicted molar refractivity (Wildman–Crippen MR) is 65.0 cm³/mol. The van der Waals surface area contributed by atoms with E-state index in [4.69, 9.17) is 5.11 Å². The zero-order chi connectivity index (χ0) is 12.1. The van der Waals surface area contributed by atoms with Crippen LogP contribution in [0.15, 0.2) is 0 Å². The second kappa shape index (κ2) is 6.24. The van der Waals surface area contributed by atoms with Crippen LogP contribution in [0, 0.1) is 17.8 Å². The summed E-state index contributed by atoms with van der Waals surface area (Å²) in [6, 6.07) is 0.116. The summed E-state index contributed by atoms with van der Waals surface area (Å²) >= 11 is 0. The molecule has 0 aromatic rings. The maximum atomic E-state index is 12.1. The molecule has 0 heterocycles. The second-order valence-electron chi connectivity index (χ2n) is 5.39. The SMILES string of the molecule is CC(C)C(CCO)NC(=O)C1CCCC1C. The summed E-state index contributed by atoms with van der Waals surface area (Å²) < 4.78 is 0. The Morgan fingerprint density at radius 2 is 2.12 bits per heavy atom. The van der Waals surface area contributed by atoms with Gasteiger partial charge in [0, 0.05) is 18.6 Å². The van der Waals surface area contributed by atoms with Gasteiger partial charge in [0.1, 0.15) is 0 Å². The predicted octanol–water partition coefficient (Wildman–Crippen LogP) is 1.95. The normalized spacial score (nSPS) is 27.1. The molecular weight excluding hydrogens is 202 g/mol. The Labute approximate surface area is 98.6 Å². The van der Waals surface area contributed by atoms with Crippen LogP contribution in [0.1, 0.15) is 46.5 Å². The molecule has 1 amide bonds. The standard InChI is InChI=1S/C13H25NO2/c1-9(2)12(7-8-15)14-13(16)11-6-4-5-10(11)3/h9-12,15H,4-8H2,1-3H3,(H,14,16). The Bertz CT molecular complexity index is 228. The van der Waals surface area contributed by atoms with Gasteiger partial charge in [-0.3, -0.25) is 4.79 Å². The monoisotopic (exact) mass is 227 g/mol. The molecule has 3 atom stereocenters. The number of hydrogen-bond donors (Lipinski definition) is 2. The molecule has 1 rings (SSSR count). The van der Waals surface area contributed by atoms with E-state index in [0.717, 1.165) is 6.42 Å². The summed E-state index contributed by atoms with van der Waals surface area (Å²) in [6.07, 6.45) is 4.03. The number of amides is 1. The fourth-order valence-electron chi connectivity index (χ4n) is 2.54. The van der Waals surface area contributed by atoms with Gasteiger partial charge < -0.3 is 10.4 Å². The van der Waals surface area contributed by atoms with Crippen LogP contribution in [-0.2, 0) is 4.79 Å². The third kappa shape index (κ3) is 3.48. The maximum Gasteiger partial charge on any atom is 0.223 e. The van der Waals surface area contributed by atoms with Gasteiger partial charge in [-0.2, -0.15) is 0 Å². The Balaban J connectivity index is 2.47. The van der Waals surface area contributed by atoms with Crippen molar-refractivity contribution >= 4 is 5.91 Å². The molecule has 0 saturated heterocycles. The van der Waals surface area contributed by atoms with Crippen LogP contribution < -0.4 is 5.32 Å². The van der Waals surface area contributed by atoms with E-state index in [9.17, 15) is 4.79 Å². The topological polar surface area (TPSA) is 49.3 Å². The summed E-state index contributed by atoms with van der Waals surface area (Å²) in [5.74, 6) is 1.28. The number of aliphatic hydroxyl groups is 1. The minimum atomic E-state index is 0.116. The molecule has 0 spiro atoms. The van der Waals surface area contributed by atoms with Crippen LogP contribution in [0.2, 0.25) is 0 Å². The molecule has 0 bridgehead atoms. The molecular formula is C13H25NO2. The Morgan fingerprint density at radius 3 is 2.56 bits per heavy atom. The lowest BCUT2D eigenvalue weighted by molar-refractivity contribution is -0.127. The van der Waals surface area contributed by atoms with Crippen LogP contribution in [-0.4, -0.2) is 23.7 Å². The fourth-order valence-corrected chi connectivity index (χ4v) is 2.54. The van der Waals surface area contributed by atoms with Gasteiger partial charge >= 0.3 is 0 Å². The van der Waals surface area contributed by atoms with Crippen LogP contribution in [0.3, 0.4) is 0 Å². The molecule has 16 heavy (non-hydrogen) atoms. The third-order valence-electron chi connectivity index (χ3n) is 3.77. The lowest BCUT2D eigenvalue weighted by Gasteiger charge is -2.24. The smallest absolute Gasteiger partial charge is 0.223 e. The summed E-state index contributed by atoms with van der Waals surface area (Å²) in [5.41, 5.74) is 0. The van der Waals surface area contributed by atoms with E-state index >= 15 is 0 Å². The first-order valence-electron chi connectivity index (χ1n) is 6.47. The minimum absolute atomic E-state index is 0.116. The Morgan fingerprint density at radius 1 is 1.44 bits per heavy atom. The number of carbonyl (C=O) groups excluding carboxylic acids is 1. The zero-order valence-electron chi connectivity index (χ0n) is 10.7. The molecule has 1 aliphatic rings. The van der Waals surface area contributed by atoms with Crippen molar-refractivity contribution in [1.29, 1.82) is 0 Å². The molecule has 94 valence electrons. The van der Waals surface area contributed by atoms with Crippen molar-refractivity contribution in [2.45, 2.75) is 52.5 Å². The van der Waals surface area contributed by atoms with Crippen molar-refractivity contribution in [1.82, 2.24) is 5.32 Å². The molecule has 3 heteroatoms. The summed E-state index contributed by atoms with van der Waals surface area (Å²) in [4.78, 5) is 12.1. The van der Waals surface area contributed by atoms with Crippen molar-refractivity contribution < 1.29 is 9.90 Å². The van der Waals surface area contributed by atoms with E-state index in [1.807, 2.05) is 0 Å². The number of hydrogen-bond acceptors (Lipinski definition) is 2. The third-order valence-corrected chi connectivity index (χ3v) is 3.77. The average Bonchev–Trinajstić information content (AvgIpc) is 2.63. The minimum Gasteiger partial charge on any atom is -0.396 e. The molecule has 0 aromatic carbocycles. The average molecular weight is 227 g/mol. The lowest BCUT2D eigenvalue weighted by atomic mass is 9.95. The van der Waals surface area contributed by atoms with E-state index < -0.39 is 0 Å². The Hall–Kier alpha value is -0.570. The zero-order valence-corrected chi connectivity index (χ0v) is 10.7. The largest absolute Gasteiger partial charge is 0.396 e. The van der Waals surface area contributed by atoms with E-state index in [-0.39, 0.29) is 24.5 Å². The van der Waals surface area contributed by atoms with Gasteiger partial charge in [-0.05, 0) is 31.1 Å². The van der Waals surface area contributed by atoms with E-state index in [2.05, 4.69) is 26.1 Å². The van der Waals surface area contributed by atoms with E-state index in [1.54, 1.807) is 0 Å². The highest BCUT2D eigenvalue weighted by Crippen LogP contribution is 2.31. The molecule has 2 N–H and O–H groups in total. The van der Waals surface area contributed by atoms with Crippen molar-refractivity contribution in [3.05, 3.63) is 0 Å². The van der Waals surface area contributed by atoms with Crippen molar-refractivity contribution in [3.8, 4) is 0 Å². The number of nitrogens with one attached hydrogen (secondary N) is 1. The van der Waals surface area contributed by atoms with Gasteiger partial charge in [-0.1, -0.05) is 27.2 Å². The first-order chi connectivity index (χ1) is 7.56. The van der Waals surface area contributed by atoms with Gasteiger partial charge in [0.05, 0.1) is 0 Å². The highest BCUT2D eigenvalue weighted by Gasteiger charge is 2.31. The van der Waals surface area contributed by atoms with E-state index in [0.29, 0.717) is 18.3 Å². The van der Waals surface area contributed by atoms with Crippen LogP contribution in [0.4, 0.5) is 0 Å². The second-order valence-corrected chi connectivity index (χ2v) is 5.39. The molecule has 3 unspecified atom stereocenters. The lowest BCUT2D eigenvalue weighted by Crippen LogP contribution is -2.42. The highest BCUT2D eigenvalue weighted by molar-refractivity contribution is 5.79. The van der Waals surface area contributed by atoms with Gasteiger partial charge in [0.2, 0.25) is 5.91 Å². The first kappa shape index (κ1) is 13.5. The number of carbonyl (C=O) groups is 1. The first-order valence-corrected chi connectivity index (χ1v) is 6.47. The van der Waals surface area contributed by atoms with Crippen LogP contribution in [0.5, 0.6) is 0 Å². The van der Waals surface area contributed by atoms with Crippen molar-refractivity contribution in [2.75, 3.05) is 6.61 Å². The molecule has 1 saturated carbocycles. The van der Waals surface area contributed by atoms with Gasteiger partial charge in [0.25, 0.3) is 0 Å². The molecule has 3 nitrogen and oxygen atoms in total. The summed E-state index contributed by atoms with van der Waals surface area (Å²) in [7, 11) is 0. The quantitative estimate of drug-likeness (QED) is 0.754. The fraction of sp³-hybridized carbons (Fsp3) is 0.923. The van der Waals surface area contributed by atoms with Gasteiger partial charge in [-0.25, -0.2) is 0 Å². The van der Waals surface area contributed by atoms with E-state index in [1.165, 1.54) is 12.8 Å². The van der Waals surface area contributed by atoms with Crippen molar-refractivity contribution in [3.63, 3.8) is 0 Å². The highest BCUT2D eigenvalue weighted by atomic mass is 16.3. The molecule has 1 aliphatic carbocycles.